The van der Waals surface area contributed by atoms with Crippen LogP contribution in [0.2, 0.25) is 0 Å². The van der Waals surface area contributed by atoms with Gasteiger partial charge in [-0.05, 0) is 40.0 Å². The maximum absolute atomic E-state index is 11.9. The van der Waals surface area contributed by atoms with Crippen LogP contribution in [0.5, 0.6) is 0 Å². The highest BCUT2D eigenvalue weighted by atomic mass is 16.6. The number of carbonyl (C=O) groups is 1. The number of rotatable bonds is 5. The fourth-order valence-electron chi connectivity index (χ4n) is 2.46. The minimum atomic E-state index is -0.557. The van der Waals surface area contributed by atoms with E-state index in [4.69, 9.17) is 19.9 Å². The normalized spacial score (nSPS) is 25.1. The van der Waals surface area contributed by atoms with Crippen LogP contribution in [-0.4, -0.2) is 50.2 Å². The Hall–Kier alpha value is -0.850. The topological polar surface area (TPSA) is 82.8 Å². The average Bonchev–Trinajstić information content (AvgIpc) is 2.35. The number of alkyl carbamates (subject to hydrolysis) is 1. The second kappa shape index (κ2) is 7.24. The molecule has 0 aromatic carbocycles. The maximum atomic E-state index is 11.9. The summed E-state index contributed by atoms with van der Waals surface area (Å²) < 4.78 is 16.5. The van der Waals surface area contributed by atoms with E-state index in [1.54, 1.807) is 7.11 Å². The number of hydrogen-bond donors (Lipinski definition) is 2. The van der Waals surface area contributed by atoms with E-state index in [2.05, 4.69) is 5.32 Å². The first-order valence-electron chi connectivity index (χ1n) is 7.15. The van der Waals surface area contributed by atoms with Crippen molar-refractivity contribution in [1.29, 1.82) is 0 Å². The number of ether oxygens (including phenoxy) is 3. The van der Waals surface area contributed by atoms with Crippen LogP contribution in [0.3, 0.4) is 0 Å². The summed E-state index contributed by atoms with van der Waals surface area (Å²) in [6.07, 6.45) is 2.40. The summed E-state index contributed by atoms with van der Waals surface area (Å²) in [7, 11) is 1.63. The highest BCUT2D eigenvalue weighted by molar-refractivity contribution is 5.68. The van der Waals surface area contributed by atoms with Gasteiger partial charge in [0, 0.05) is 20.3 Å². The molecule has 118 valence electrons. The largest absolute Gasteiger partial charge is 0.444 e. The molecule has 1 amide bonds. The number of amides is 1. The van der Waals surface area contributed by atoms with Gasteiger partial charge in [-0.2, -0.15) is 0 Å². The van der Waals surface area contributed by atoms with Crippen LogP contribution < -0.4 is 11.1 Å². The van der Waals surface area contributed by atoms with Gasteiger partial charge < -0.3 is 25.3 Å². The van der Waals surface area contributed by atoms with Crippen LogP contribution in [0.25, 0.3) is 0 Å². The molecule has 0 aromatic rings. The molecule has 2 unspecified atom stereocenters. The Labute approximate surface area is 121 Å². The lowest BCUT2D eigenvalue weighted by Crippen LogP contribution is -2.61. The summed E-state index contributed by atoms with van der Waals surface area (Å²) in [5, 5.41) is 2.83. The molecule has 6 nitrogen and oxygen atoms in total. The minimum absolute atomic E-state index is 0.280. The van der Waals surface area contributed by atoms with E-state index in [0.29, 0.717) is 13.2 Å². The van der Waals surface area contributed by atoms with Gasteiger partial charge in [0.05, 0.1) is 12.6 Å². The Morgan fingerprint density at radius 1 is 1.45 bits per heavy atom. The molecular formula is C14H28N2O4. The number of methoxy groups -OCH3 is 1. The minimum Gasteiger partial charge on any atom is -0.444 e. The van der Waals surface area contributed by atoms with Gasteiger partial charge >= 0.3 is 6.09 Å². The molecule has 0 radical (unpaired) electrons. The van der Waals surface area contributed by atoms with Crippen LogP contribution in [0.1, 0.15) is 40.0 Å². The zero-order valence-electron chi connectivity index (χ0n) is 13.0. The van der Waals surface area contributed by atoms with E-state index in [1.165, 1.54) is 0 Å². The lowest BCUT2D eigenvalue weighted by molar-refractivity contribution is -0.133. The summed E-state index contributed by atoms with van der Waals surface area (Å²) in [6, 6.07) is -0.322. The predicted molar refractivity (Wildman–Crippen MR) is 76.6 cm³/mol. The number of nitrogens with one attached hydrogen (secondary N) is 1. The van der Waals surface area contributed by atoms with Crippen molar-refractivity contribution < 1.29 is 19.0 Å². The van der Waals surface area contributed by atoms with Gasteiger partial charge in [0.1, 0.15) is 11.2 Å². The summed E-state index contributed by atoms with van der Waals surface area (Å²) >= 11 is 0. The molecule has 1 saturated heterocycles. The number of carbonyl (C=O) groups excluding carboxylic acids is 1. The fraction of sp³-hybridized carbons (Fsp3) is 0.929. The first-order chi connectivity index (χ1) is 9.33. The molecule has 1 aliphatic rings. The van der Waals surface area contributed by atoms with Gasteiger partial charge in [-0.3, -0.25) is 0 Å². The Morgan fingerprint density at radius 2 is 2.15 bits per heavy atom. The third-order valence-corrected chi connectivity index (χ3v) is 3.33. The maximum Gasteiger partial charge on any atom is 0.408 e. The molecule has 0 spiro atoms. The third-order valence-electron chi connectivity index (χ3n) is 3.33. The van der Waals surface area contributed by atoms with Crippen molar-refractivity contribution in [2.75, 3.05) is 26.9 Å². The SMILES string of the molecule is COCC1(C(CN)NC(=O)OC(C)(C)C)CCCCO1. The Kier molecular flexibility index (Phi) is 6.23. The second-order valence-electron chi connectivity index (χ2n) is 6.24. The number of hydrogen-bond acceptors (Lipinski definition) is 5. The average molecular weight is 288 g/mol. The first-order valence-corrected chi connectivity index (χ1v) is 7.15. The standard InChI is InChI=1S/C14H28N2O4/c1-13(2,3)20-12(17)16-11(9-15)14(10-18-4)7-5-6-8-19-14/h11H,5-10,15H2,1-4H3,(H,16,17). The van der Waals surface area contributed by atoms with Gasteiger partial charge in [0.25, 0.3) is 0 Å². The zero-order chi connectivity index (χ0) is 15.2. The Morgan fingerprint density at radius 3 is 2.60 bits per heavy atom. The van der Waals surface area contributed by atoms with Crippen molar-refractivity contribution in [3.05, 3.63) is 0 Å². The van der Waals surface area contributed by atoms with Crippen LogP contribution in [0.15, 0.2) is 0 Å². The van der Waals surface area contributed by atoms with E-state index in [0.717, 1.165) is 19.3 Å². The molecular weight excluding hydrogens is 260 g/mol. The lowest BCUT2D eigenvalue weighted by Gasteiger charge is -2.42. The summed E-state index contributed by atoms with van der Waals surface area (Å²) in [4.78, 5) is 11.9. The summed E-state index contributed by atoms with van der Waals surface area (Å²) in [5.74, 6) is 0. The quantitative estimate of drug-likeness (QED) is 0.799. The first kappa shape index (κ1) is 17.2. The molecule has 0 bridgehead atoms. The van der Waals surface area contributed by atoms with Crippen molar-refractivity contribution in [2.24, 2.45) is 5.73 Å². The fourth-order valence-corrected chi connectivity index (χ4v) is 2.46. The van der Waals surface area contributed by atoms with Gasteiger partial charge in [-0.1, -0.05) is 0 Å². The van der Waals surface area contributed by atoms with Crippen molar-refractivity contribution >= 4 is 6.09 Å². The lowest BCUT2D eigenvalue weighted by atomic mass is 9.87. The van der Waals surface area contributed by atoms with Gasteiger partial charge in [-0.25, -0.2) is 4.79 Å². The smallest absolute Gasteiger partial charge is 0.408 e. The van der Waals surface area contributed by atoms with Crippen LogP contribution in [0, 0.1) is 0 Å². The Balaban J connectivity index is 2.72. The van der Waals surface area contributed by atoms with Gasteiger partial charge in [0.2, 0.25) is 0 Å². The second-order valence-corrected chi connectivity index (χ2v) is 6.24. The van der Waals surface area contributed by atoms with Crippen LogP contribution in [-0.2, 0) is 14.2 Å². The molecule has 6 heteroatoms. The zero-order valence-corrected chi connectivity index (χ0v) is 13.0. The van der Waals surface area contributed by atoms with Crippen molar-refractivity contribution in [3.63, 3.8) is 0 Å². The molecule has 1 rings (SSSR count). The van der Waals surface area contributed by atoms with Crippen molar-refractivity contribution in [2.45, 2.75) is 57.3 Å². The molecule has 2 atom stereocenters. The van der Waals surface area contributed by atoms with Crippen LogP contribution in [0.4, 0.5) is 4.79 Å². The molecule has 20 heavy (non-hydrogen) atoms. The molecule has 1 heterocycles. The van der Waals surface area contributed by atoms with Crippen LogP contribution >= 0.6 is 0 Å². The van der Waals surface area contributed by atoms with E-state index >= 15 is 0 Å². The molecule has 3 N–H and O–H groups in total. The summed E-state index contributed by atoms with van der Waals surface area (Å²) in [6.45, 7) is 6.83. The van der Waals surface area contributed by atoms with Gasteiger partial charge in [-0.15, -0.1) is 0 Å². The predicted octanol–water partition coefficient (Wildman–Crippen LogP) is 1.42. The Bertz CT molecular complexity index is 303. The van der Waals surface area contributed by atoms with Crippen molar-refractivity contribution in [1.82, 2.24) is 5.32 Å². The monoisotopic (exact) mass is 288 g/mol. The highest BCUT2D eigenvalue weighted by Crippen LogP contribution is 2.29. The molecule has 1 fully saturated rings. The van der Waals surface area contributed by atoms with E-state index in [-0.39, 0.29) is 12.6 Å². The van der Waals surface area contributed by atoms with Crippen molar-refractivity contribution in [3.8, 4) is 0 Å². The van der Waals surface area contributed by atoms with E-state index in [1.807, 2.05) is 20.8 Å². The number of nitrogens with two attached hydrogens (primary N) is 1. The van der Waals surface area contributed by atoms with E-state index in [9.17, 15) is 4.79 Å². The third kappa shape index (κ3) is 4.92. The molecule has 1 aliphatic heterocycles. The molecule has 0 saturated carbocycles. The van der Waals surface area contributed by atoms with Gasteiger partial charge in [0.15, 0.2) is 0 Å². The van der Waals surface area contributed by atoms with E-state index < -0.39 is 17.3 Å². The highest BCUT2D eigenvalue weighted by Gasteiger charge is 2.42. The molecule has 0 aromatic heterocycles. The molecule has 0 aliphatic carbocycles. The summed E-state index contributed by atoms with van der Waals surface area (Å²) in [5.41, 5.74) is 4.73.